The van der Waals surface area contributed by atoms with Crippen LogP contribution in [0.4, 0.5) is 11.4 Å². The average molecular weight is 343 g/mol. The molecule has 0 atom stereocenters. The van der Waals surface area contributed by atoms with Crippen LogP contribution in [0.25, 0.3) is 0 Å². The fourth-order valence-corrected chi connectivity index (χ4v) is 1.82. The van der Waals surface area contributed by atoms with Crippen molar-refractivity contribution in [3.05, 3.63) is 48.4 Å². The largest absolute Gasteiger partial charge is 0.459 e. The van der Waals surface area contributed by atoms with Crippen LogP contribution < -0.4 is 16.0 Å². The summed E-state index contributed by atoms with van der Waals surface area (Å²) in [5.74, 6) is -0.775. The highest BCUT2D eigenvalue weighted by molar-refractivity contribution is 5.98. The summed E-state index contributed by atoms with van der Waals surface area (Å²) < 4.78 is 4.94. The maximum absolute atomic E-state index is 11.9. The fraction of sp³-hybridized carbons (Fsp3) is 0.278. The van der Waals surface area contributed by atoms with E-state index in [0.717, 1.165) is 0 Å². The number of carbonyl (C=O) groups is 3. The summed E-state index contributed by atoms with van der Waals surface area (Å²) in [6.45, 7) is 5.30. The number of hydrogen-bond acceptors (Lipinski definition) is 4. The molecule has 0 aliphatic rings. The van der Waals surface area contributed by atoms with E-state index in [0.29, 0.717) is 11.4 Å². The summed E-state index contributed by atoms with van der Waals surface area (Å²) >= 11 is 0. The van der Waals surface area contributed by atoms with Crippen LogP contribution in [0.2, 0.25) is 0 Å². The molecule has 0 fully saturated rings. The second-order valence-corrected chi connectivity index (χ2v) is 6.49. The van der Waals surface area contributed by atoms with Gasteiger partial charge in [-0.3, -0.25) is 14.4 Å². The number of nitrogens with one attached hydrogen (secondary N) is 3. The Kier molecular flexibility index (Phi) is 5.59. The normalized spacial score (nSPS) is 10.8. The fourth-order valence-electron chi connectivity index (χ4n) is 1.82. The third-order valence-electron chi connectivity index (χ3n) is 3.26. The van der Waals surface area contributed by atoms with Crippen LogP contribution in [0.3, 0.4) is 0 Å². The summed E-state index contributed by atoms with van der Waals surface area (Å²) in [4.78, 5) is 35.4. The zero-order chi connectivity index (χ0) is 18.4. The Labute approximate surface area is 145 Å². The third-order valence-corrected chi connectivity index (χ3v) is 3.26. The molecule has 25 heavy (non-hydrogen) atoms. The van der Waals surface area contributed by atoms with Crippen LogP contribution in [0.15, 0.2) is 47.1 Å². The second kappa shape index (κ2) is 7.65. The first kappa shape index (κ1) is 18.3. The number of rotatable bonds is 5. The molecule has 132 valence electrons. The number of furan rings is 1. The van der Waals surface area contributed by atoms with Gasteiger partial charge in [0.05, 0.1) is 12.8 Å². The summed E-state index contributed by atoms with van der Waals surface area (Å²) in [6, 6.07) is 9.84. The predicted molar refractivity (Wildman–Crippen MR) is 94.2 cm³/mol. The minimum absolute atomic E-state index is 0.0927. The van der Waals surface area contributed by atoms with E-state index in [9.17, 15) is 14.4 Å². The van der Waals surface area contributed by atoms with Crippen LogP contribution in [-0.2, 0) is 9.59 Å². The van der Waals surface area contributed by atoms with E-state index in [1.54, 1.807) is 30.3 Å². The molecule has 1 aromatic heterocycles. The molecule has 0 unspecified atom stereocenters. The molecule has 2 aromatic rings. The zero-order valence-electron chi connectivity index (χ0n) is 14.4. The molecular weight excluding hydrogens is 322 g/mol. The molecule has 0 bridgehead atoms. The van der Waals surface area contributed by atoms with E-state index in [2.05, 4.69) is 16.0 Å². The number of anilines is 2. The van der Waals surface area contributed by atoms with Gasteiger partial charge in [-0.1, -0.05) is 20.8 Å². The summed E-state index contributed by atoms with van der Waals surface area (Å²) in [5, 5.41) is 7.91. The second-order valence-electron chi connectivity index (χ2n) is 6.49. The van der Waals surface area contributed by atoms with Gasteiger partial charge in [0, 0.05) is 16.8 Å². The van der Waals surface area contributed by atoms with E-state index in [1.807, 2.05) is 20.8 Å². The van der Waals surface area contributed by atoms with Gasteiger partial charge in [-0.05, 0) is 36.4 Å². The molecule has 0 saturated heterocycles. The van der Waals surface area contributed by atoms with Crippen molar-refractivity contribution in [2.75, 3.05) is 17.2 Å². The van der Waals surface area contributed by atoms with Gasteiger partial charge in [0.2, 0.25) is 11.8 Å². The van der Waals surface area contributed by atoms with E-state index in [-0.39, 0.29) is 24.1 Å². The van der Waals surface area contributed by atoms with Crippen molar-refractivity contribution in [2.24, 2.45) is 5.41 Å². The first-order chi connectivity index (χ1) is 11.8. The first-order valence-corrected chi connectivity index (χ1v) is 7.79. The molecule has 7 nitrogen and oxygen atoms in total. The van der Waals surface area contributed by atoms with Gasteiger partial charge in [0.1, 0.15) is 0 Å². The number of hydrogen-bond donors (Lipinski definition) is 3. The molecule has 0 aliphatic heterocycles. The Balaban J connectivity index is 1.83. The highest BCUT2D eigenvalue weighted by Gasteiger charge is 2.21. The van der Waals surface area contributed by atoms with Crippen molar-refractivity contribution in [2.45, 2.75) is 20.8 Å². The van der Waals surface area contributed by atoms with Crippen molar-refractivity contribution < 1.29 is 18.8 Å². The molecule has 2 rings (SSSR count). The summed E-state index contributed by atoms with van der Waals surface area (Å²) in [6.07, 6.45) is 1.38. The number of amides is 3. The van der Waals surface area contributed by atoms with Crippen molar-refractivity contribution in [1.82, 2.24) is 5.32 Å². The van der Waals surface area contributed by atoms with Crippen LogP contribution in [-0.4, -0.2) is 24.3 Å². The summed E-state index contributed by atoms with van der Waals surface area (Å²) in [5.41, 5.74) is 0.717. The SMILES string of the molecule is CC(C)(C)C(=O)Nc1ccc(NC(=O)CNC(=O)c2ccco2)cc1. The first-order valence-electron chi connectivity index (χ1n) is 7.79. The topological polar surface area (TPSA) is 100 Å². The van der Waals surface area contributed by atoms with Gasteiger partial charge in [0.25, 0.3) is 5.91 Å². The smallest absolute Gasteiger partial charge is 0.287 e. The highest BCUT2D eigenvalue weighted by Crippen LogP contribution is 2.19. The van der Waals surface area contributed by atoms with Crippen LogP contribution in [0.5, 0.6) is 0 Å². The van der Waals surface area contributed by atoms with E-state index in [4.69, 9.17) is 4.42 Å². The maximum Gasteiger partial charge on any atom is 0.287 e. The van der Waals surface area contributed by atoms with Gasteiger partial charge in [-0.15, -0.1) is 0 Å². The van der Waals surface area contributed by atoms with Gasteiger partial charge in [-0.25, -0.2) is 0 Å². The highest BCUT2D eigenvalue weighted by atomic mass is 16.3. The minimum Gasteiger partial charge on any atom is -0.459 e. The van der Waals surface area contributed by atoms with Crippen molar-refractivity contribution >= 4 is 29.1 Å². The lowest BCUT2D eigenvalue weighted by Crippen LogP contribution is -2.32. The molecule has 0 radical (unpaired) electrons. The van der Waals surface area contributed by atoms with E-state index < -0.39 is 11.3 Å². The molecule has 7 heteroatoms. The molecule has 1 aromatic carbocycles. The molecule has 3 N–H and O–H groups in total. The lowest BCUT2D eigenvalue weighted by molar-refractivity contribution is -0.123. The Morgan fingerprint density at radius 3 is 2.08 bits per heavy atom. The third kappa shape index (κ3) is 5.49. The minimum atomic E-state index is -0.487. The molecule has 0 saturated carbocycles. The van der Waals surface area contributed by atoms with E-state index in [1.165, 1.54) is 12.3 Å². The van der Waals surface area contributed by atoms with Crippen molar-refractivity contribution in [1.29, 1.82) is 0 Å². The van der Waals surface area contributed by atoms with E-state index >= 15 is 0 Å². The Morgan fingerprint density at radius 2 is 1.56 bits per heavy atom. The molecule has 0 aliphatic carbocycles. The zero-order valence-corrected chi connectivity index (χ0v) is 14.4. The van der Waals surface area contributed by atoms with Crippen LogP contribution in [0.1, 0.15) is 31.3 Å². The maximum atomic E-state index is 11.9. The van der Waals surface area contributed by atoms with Gasteiger partial charge in [0.15, 0.2) is 5.76 Å². The molecule has 0 spiro atoms. The molecule has 3 amide bonds. The Morgan fingerprint density at radius 1 is 0.960 bits per heavy atom. The van der Waals surface area contributed by atoms with Crippen molar-refractivity contribution in [3.63, 3.8) is 0 Å². The lowest BCUT2D eigenvalue weighted by atomic mass is 9.95. The van der Waals surface area contributed by atoms with Gasteiger partial charge < -0.3 is 20.4 Å². The lowest BCUT2D eigenvalue weighted by Gasteiger charge is -2.17. The monoisotopic (exact) mass is 343 g/mol. The molecule has 1 heterocycles. The standard InChI is InChI=1S/C18H21N3O4/c1-18(2,3)17(24)21-13-8-6-12(7-9-13)20-15(22)11-19-16(23)14-5-4-10-25-14/h4-10H,11H2,1-3H3,(H,19,23)(H,20,22)(H,21,24). The number of benzene rings is 1. The van der Waals surface area contributed by atoms with Crippen LogP contribution >= 0.6 is 0 Å². The summed E-state index contributed by atoms with van der Waals surface area (Å²) in [7, 11) is 0. The quantitative estimate of drug-likeness (QED) is 0.777. The molecular formula is C18H21N3O4. The average Bonchev–Trinajstić information content (AvgIpc) is 3.08. The number of carbonyl (C=O) groups excluding carboxylic acids is 3. The Hall–Kier alpha value is -3.09. The predicted octanol–water partition coefficient (Wildman–Crippen LogP) is 2.63. The Bertz CT molecular complexity index is 744. The van der Waals surface area contributed by atoms with Crippen molar-refractivity contribution in [3.8, 4) is 0 Å². The van der Waals surface area contributed by atoms with Crippen LogP contribution in [0, 0.1) is 5.41 Å². The van der Waals surface area contributed by atoms with Gasteiger partial charge in [-0.2, -0.15) is 0 Å². The van der Waals surface area contributed by atoms with Gasteiger partial charge >= 0.3 is 0 Å².